The van der Waals surface area contributed by atoms with E-state index in [0.717, 1.165) is 15.4 Å². The van der Waals surface area contributed by atoms with E-state index < -0.39 is 15.9 Å². The Morgan fingerprint density at radius 3 is 2.54 bits per heavy atom. The lowest BCUT2D eigenvalue weighted by Crippen LogP contribution is -2.40. The van der Waals surface area contributed by atoms with Gasteiger partial charge in [0.15, 0.2) is 5.82 Å². The van der Waals surface area contributed by atoms with Crippen molar-refractivity contribution in [1.82, 2.24) is 24.8 Å². The number of aromatic amines is 1. The molecule has 0 saturated heterocycles. The number of hydrogen-bond donors (Lipinski definition) is 2. The van der Waals surface area contributed by atoms with Crippen molar-refractivity contribution in [1.29, 1.82) is 0 Å². The first-order valence-corrected chi connectivity index (χ1v) is 14.3. The lowest BCUT2D eigenvalue weighted by atomic mass is 10.2. The molecule has 0 aliphatic rings. The fraction of sp³-hybridized carbons (Fsp3) is 0.192. The van der Waals surface area contributed by atoms with Crippen LogP contribution in [0.1, 0.15) is 11.1 Å². The summed E-state index contributed by atoms with van der Waals surface area (Å²) in [6.07, 6.45) is 0. The van der Waals surface area contributed by atoms with Crippen molar-refractivity contribution >= 4 is 39.3 Å². The molecule has 0 aliphatic heterocycles. The molecule has 0 spiro atoms. The Morgan fingerprint density at radius 2 is 1.81 bits per heavy atom. The number of aryl methyl sites for hydroxylation is 1. The molecule has 1 heterocycles. The molecule has 3 aromatic carbocycles. The second-order valence-corrected chi connectivity index (χ2v) is 11.7. The number of sulfonamides is 1. The first-order chi connectivity index (χ1) is 17.8. The van der Waals surface area contributed by atoms with Gasteiger partial charge in [0.25, 0.3) is 0 Å². The number of rotatable bonds is 11. The zero-order valence-electron chi connectivity index (χ0n) is 20.1. The standard InChI is InChI=1S/C26H26ClN5O3S2/c1-19-10-12-23(13-11-19)37(34,35)32(17-20-6-5-9-22(27)16-20)18-24(33)28-14-15-36-26-29-25(30-31-26)21-7-3-2-4-8-21/h2-13,16H,14-15,17-18H2,1H3,(H,28,33)(H,29,30,31). The monoisotopic (exact) mass is 555 g/mol. The van der Waals surface area contributed by atoms with Crippen LogP contribution in [0.4, 0.5) is 0 Å². The van der Waals surface area contributed by atoms with Gasteiger partial charge in [-0.25, -0.2) is 13.4 Å². The lowest BCUT2D eigenvalue weighted by molar-refractivity contribution is -0.121. The molecule has 2 N–H and O–H groups in total. The molecule has 37 heavy (non-hydrogen) atoms. The molecule has 1 amide bonds. The summed E-state index contributed by atoms with van der Waals surface area (Å²) in [5.74, 6) is 0.792. The van der Waals surface area contributed by atoms with Crippen molar-refractivity contribution in [3.63, 3.8) is 0 Å². The van der Waals surface area contributed by atoms with E-state index in [1.165, 1.54) is 11.8 Å². The molecule has 4 rings (SSSR count). The van der Waals surface area contributed by atoms with E-state index in [1.54, 1.807) is 48.5 Å². The first-order valence-electron chi connectivity index (χ1n) is 11.5. The smallest absolute Gasteiger partial charge is 0.243 e. The van der Waals surface area contributed by atoms with Gasteiger partial charge in [0.1, 0.15) is 0 Å². The number of halogens is 1. The molecular formula is C26H26ClN5O3S2. The van der Waals surface area contributed by atoms with E-state index in [1.807, 2.05) is 37.3 Å². The van der Waals surface area contributed by atoms with Gasteiger partial charge in [-0.05, 0) is 36.8 Å². The predicted molar refractivity (Wildman–Crippen MR) is 146 cm³/mol. The maximum atomic E-state index is 13.4. The highest BCUT2D eigenvalue weighted by Gasteiger charge is 2.27. The van der Waals surface area contributed by atoms with Crippen LogP contribution in [0.3, 0.4) is 0 Å². The predicted octanol–water partition coefficient (Wildman–Crippen LogP) is 4.53. The van der Waals surface area contributed by atoms with Crippen LogP contribution in [0.15, 0.2) is 88.9 Å². The molecule has 1 aromatic heterocycles. The van der Waals surface area contributed by atoms with Crippen molar-refractivity contribution in [3.05, 3.63) is 95.0 Å². The minimum absolute atomic E-state index is 0.0123. The van der Waals surface area contributed by atoms with Gasteiger partial charge in [-0.3, -0.25) is 9.89 Å². The van der Waals surface area contributed by atoms with Crippen molar-refractivity contribution in [2.45, 2.75) is 23.5 Å². The summed E-state index contributed by atoms with van der Waals surface area (Å²) in [6.45, 7) is 1.89. The molecule has 8 nitrogen and oxygen atoms in total. The van der Waals surface area contributed by atoms with Crippen LogP contribution in [-0.4, -0.2) is 52.7 Å². The van der Waals surface area contributed by atoms with E-state index in [0.29, 0.717) is 33.9 Å². The van der Waals surface area contributed by atoms with Crippen molar-refractivity contribution in [3.8, 4) is 11.4 Å². The molecule has 0 saturated carbocycles. The van der Waals surface area contributed by atoms with Crippen LogP contribution < -0.4 is 5.32 Å². The number of hydrogen-bond acceptors (Lipinski definition) is 6. The normalized spacial score (nSPS) is 11.5. The van der Waals surface area contributed by atoms with Crippen LogP contribution in [-0.2, 0) is 21.4 Å². The van der Waals surface area contributed by atoms with Gasteiger partial charge >= 0.3 is 0 Å². The van der Waals surface area contributed by atoms with Gasteiger partial charge in [-0.1, -0.05) is 83.5 Å². The quantitative estimate of drug-likeness (QED) is 0.208. The molecule has 0 radical (unpaired) electrons. The van der Waals surface area contributed by atoms with E-state index in [4.69, 9.17) is 11.6 Å². The van der Waals surface area contributed by atoms with E-state index in [9.17, 15) is 13.2 Å². The molecule has 11 heteroatoms. The molecule has 0 fully saturated rings. The lowest BCUT2D eigenvalue weighted by Gasteiger charge is -2.22. The van der Waals surface area contributed by atoms with E-state index in [-0.39, 0.29) is 18.0 Å². The fourth-order valence-corrected chi connectivity index (χ4v) is 5.76. The summed E-state index contributed by atoms with van der Waals surface area (Å²) in [5.41, 5.74) is 2.56. The highest BCUT2D eigenvalue weighted by Crippen LogP contribution is 2.21. The highest BCUT2D eigenvalue weighted by molar-refractivity contribution is 7.99. The number of carbonyl (C=O) groups is 1. The zero-order valence-corrected chi connectivity index (χ0v) is 22.5. The van der Waals surface area contributed by atoms with Gasteiger partial charge in [0.05, 0.1) is 11.4 Å². The third-order valence-corrected chi connectivity index (χ3v) is 8.28. The van der Waals surface area contributed by atoms with Gasteiger partial charge in [0, 0.05) is 29.4 Å². The Labute approximate surface area is 225 Å². The van der Waals surface area contributed by atoms with Gasteiger partial charge in [0.2, 0.25) is 21.1 Å². The molecule has 4 aromatic rings. The summed E-state index contributed by atoms with van der Waals surface area (Å²) in [5, 5.41) is 11.0. The average molecular weight is 556 g/mol. The third kappa shape index (κ3) is 7.42. The summed E-state index contributed by atoms with van der Waals surface area (Å²) < 4.78 is 27.9. The van der Waals surface area contributed by atoms with Gasteiger partial charge in [-0.2, -0.15) is 4.31 Å². The van der Waals surface area contributed by atoms with Crippen LogP contribution in [0.2, 0.25) is 5.02 Å². The number of amides is 1. The number of aromatic nitrogens is 3. The Kier molecular flexibility index (Phi) is 8.99. The summed E-state index contributed by atoms with van der Waals surface area (Å²) in [6, 6.07) is 23.1. The molecule has 0 aliphatic carbocycles. The number of thioether (sulfide) groups is 1. The highest BCUT2D eigenvalue weighted by atomic mass is 35.5. The maximum absolute atomic E-state index is 13.4. The Bertz CT molecular complexity index is 1440. The summed E-state index contributed by atoms with van der Waals surface area (Å²) in [4.78, 5) is 17.3. The maximum Gasteiger partial charge on any atom is 0.243 e. The van der Waals surface area contributed by atoms with Crippen LogP contribution in [0.25, 0.3) is 11.4 Å². The fourth-order valence-electron chi connectivity index (χ4n) is 3.51. The second-order valence-electron chi connectivity index (χ2n) is 8.25. The number of benzene rings is 3. The van der Waals surface area contributed by atoms with Crippen LogP contribution in [0.5, 0.6) is 0 Å². The van der Waals surface area contributed by atoms with E-state index >= 15 is 0 Å². The number of carbonyl (C=O) groups excluding carboxylic acids is 1. The van der Waals surface area contributed by atoms with Crippen LogP contribution in [0, 0.1) is 6.92 Å². The van der Waals surface area contributed by atoms with Crippen molar-refractivity contribution in [2.24, 2.45) is 0 Å². The summed E-state index contributed by atoms with van der Waals surface area (Å²) >= 11 is 7.48. The number of H-pyrrole nitrogens is 1. The average Bonchev–Trinajstić information content (AvgIpc) is 3.36. The van der Waals surface area contributed by atoms with Gasteiger partial charge in [-0.15, -0.1) is 5.10 Å². The molecule has 0 unspecified atom stereocenters. The zero-order chi connectivity index (χ0) is 26.3. The Balaban J connectivity index is 1.37. The minimum atomic E-state index is -3.92. The SMILES string of the molecule is Cc1ccc(S(=O)(=O)N(CC(=O)NCCSc2n[nH]c(-c3ccccc3)n2)Cc2cccc(Cl)c2)cc1. The topological polar surface area (TPSA) is 108 Å². The number of nitrogens with zero attached hydrogens (tertiary/aromatic N) is 3. The second kappa shape index (κ2) is 12.4. The van der Waals surface area contributed by atoms with E-state index in [2.05, 4.69) is 20.5 Å². The molecule has 0 bridgehead atoms. The first kappa shape index (κ1) is 26.9. The van der Waals surface area contributed by atoms with Crippen molar-refractivity contribution < 1.29 is 13.2 Å². The van der Waals surface area contributed by atoms with Gasteiger partial charge < -0.3 is 5.32 Å². The third-order valence-electron chi connectivity index (χ3n) is 5.39. The summed E-state index contributed by atoms with van der Waals surface area (Å²) in [7, 11) is -3.92. The number of nitrogens with one attached hydrogen (secondary N) is 2. The van der Waals surface area contributed by atoms with Crippen LogP contribution >= 0.6 is 23.4 Å². The molecule has 192 valence electrons. The minimum Gasteiger partial charge on any atom is -0.354 e. The molecular weight excluding hydrogens is 530 g/mol. The Morgan fingerprint density at radius 1 is 1.05 bits per heavy atom. The Hall–Kier alpha value is -3.18. The molecule has 0 atom stereocenters. The van der Waals surface area contributed by atoms with Crippen molar-refractivity contribution in [2.75, 3.05) is 18.8 Å². The largest absolute Gasteiger partial charge is 0.354 e.